The summed E-state index contributed by atoms with van der Waals surface area (Å²) in [5.74, 6) is 1.89. The fraction of sp³-hybridized carbons (Fsp3) is 0.881. The molecule has 0 aromatic rings. The summed E-state index contributed by atoms with van der Waals surface area (Å²) in [5.41, 5.74) is 0. The van der Waals surface area contributed by atoms with E-state index in [-0.39, 0.29) is 18.9 Å². The van der Waals surface area contributed by atoms with Gasteiger partial charge in [0.2, 0.25) is 0 Å². The molecule has 0 unspecified atom stereocenters. The molecule has 11 nitrogen and oxygen atoms in total. The molecule has 3 N–H and O–H groups in total. The van der Waals surface area contributed by atoms with Gasteiger partial charge in [-0.15, -0.1) is 0 Å². The minimum atomic E-state index is -0.668. The minimum absolute atomic E-state index is 0.204. The first-order valence-electron chi connectivity index (χ1n) is 20.9. The first-order valence-corrected chi connectivity index (χ1v) is 22.0. The smallest absolute Gasteiger partial charge is 0.303 e. The number of nitrogens with one attached hydrogen (secondary N) is 1. The monoisotopic (exact) mass is 796 g/mol. The third kappa shape index (κ3) is 79.0. The third-order valence-electron chi connectivity index (χ3n) is 7.65. The molecule has 0 amide bonds. The number of ketones is 2. The molecule has 12 heteroatoms. The van der Waals surface area contributed by atoms with Gasteiger partial charge in [0, 0.05) is 57.5 Å². The molecule has 0 aromatic carbocycles. The second kappa shape index (κ2) is 63.1. The molecule has 0 heterocycles. The van der Waals surface area contributed by atoms with Crippen LogP contribution in [0, 0.1) is 0 Å². The molecule has 0 aliphatic heterocycles. The lowest BCUT2D eigenvalue weighted by Crippen LogP contribution is -2.12. The number of carboxylic acids is 1. The van der Waals surface area contributed by atoms with Gasteiger partial charge in [-0.05, 0) is 46.1 Å². The Bertz CT molecular complexity index is 716. The molecule has 0 aromatic heterocycles. The molecule has 0 aliphatic rings. The number of hydrogen-bond acceptors (Lipinski definition) is 10. The van der Waals surface area contributed by atoms with Crippen molar-refractivity contribution in [2.75, 3.05) is 65.2 Å². The van der Waals surface area contributed by atoms with Crippen molar-refractivity contribution in [3.8, 4) is 0 Å². The highest BCUT2D eigenvalue weighted by Gasteiger charge is 2.02. The number of carboxylic acid groups (broad SMARTS) is 2. The third-order valence-corrected chi connectivity index (χ3v) is 8.60. The van der Waals surface area contributed by atoms with Crippen molar-refractivity contribution in [3.05, 3.63) is 0 Å². The predicted octanol–water partition coefficient (Wildman–Crippen LogP) is 9.75. The van der Waals surface area contributed by atoms with E-state index in [4.69, 9.17) is 29.2 Å². The molecule has 0 saturated heterocycles. The van der Waals surface area contributed by atoms with Crippen LogP contribution in [0.4, 0.5) is 0 Å². The summed E-state index contributed by atoms with van der Waals surface area (Å²) >= 11 is 1.84. The first kappa shape index (κ1) is 61.4. The van der Waals surface area contributed by atoms with Crippen molar-refractivity contribution in [3.63, 3.8) is 0 Å². The molecule has 0 saturated carbocycles. The molecule has 0 radical (unpaired) electrons. The number of aliphatic carboxylic acids is 1. The Hall–Kier alpha value is -1.86. The number of methoxy groups -OCH3 is 1. The molecule has 0 fully saturated rings. The molecule has 0 atom stereocenters. The molecule has 324 valence electrons. The maximum Gasteiger partial charge on any atom is 0.303 e. The van der Waals surface area contributed by atoms with Gasteiger partial charge in [-0.25, -0.2) is 0 Å². The van der Waals surface area contributed by atoms with E-state index in [1.165, 1.54) is 70.6 Å². The second-order valence-electron chi connectivity index (χ2n) is 12.7. The van der Waals surface area contributed by atoms with E-state index in [1.54, 1.807) is 14.0 Å². The Kier molecular flexibility index (Phi) is 71.7. The highest BCUT2D eigenvalue weighted by molar-refractivity contribution is 7.99. The molecule has 0 bridgehead atoms. The largest absolute Gasteiger partial charge is 0.483 e. The van der Waals surface area contributed by atoms with Gasteiger partial charge in [0.05, 0.1) is 19.8 Å². The van der Waals surface area contributed by atoms with Gasteiger partial charge in [0.1, 0.15) is 18.7 Å². The van der Waals surface area contributed by atoms with Gasteiger partial charge in [-0.3, -0.25) is 14.4 Å². The van der Waals surface area contributed by atoms with E-state index in [9.17, 15) is 19.2 Å². The van der Waals surface area contributed by atoms with Crippen LogP contribution in [0.1, 0.15) is 175 Å². The number of rotatable bonds is 37. The van der Waals surface area contributed by atoms with E-state index in [0.717, 1.165) is 95.2 Å². The Labute approximate surface area is 335 Å². The van der Waals surface area contributed by atoms with Crippen LogP contribution >= 0.6 is 11.8 Å². The number of hydrogen-bond donors (Lipinski definition) is 3. The standard InChI is InChI=1S/C19H36O3.C15H31NO4S.C5H10O.C2H6.CH2O2/c1-18(20)16-14-12-10-8-6-4-2-3-5-7-9-11-13-15-17-19(21)22;1-16-7-12-21-13-11-20-14-15(17)6-4-3-5-8-19-10-9-18-2;1-2-3-4-5-6;1-2;2-1-3/h2-17H2,1H3,(H,21,22);16H,3-14H2,1-2H3;5H,2-4H2,1H3;1-2H3;1H,(H,2,3). The average molecular weight is 796 g/mol. The van der Waals surface area contributed by atoms with E-state index in [1.807, 2.05) is 32.7 Å². The Morgan fingerprint density at radius 2 is 1.13 bits per heavy atom. The molecular formula is C42H85NO10S. The number of ether oxygens (including phenoxy) is 3. The molecule has 54 heavy (non-hydrogen) atoms. The normalized spacial score (nSPS) is 9.89. The maximum absolute atomic E-state index is 11.6. The van der Waals surface area contributed by atoms with Crippen molar-refractivity contribution in [1.82, 2.24) is 5.32 Å². The van der Waals surface area contributed by atoms with Gasteiger partial charge in [0.25, 0.3) is 6.47 Å². The zero-order valence-corrected chi connectivity index (χ0v) is 36.5. The average Bonchev–Trinajstić information content (AvgIpc) is 3.16. The number of aldehydes is 1. The lowest BCUT2D eigenvalue weighted by molar-refractivity contribution is -0.137. The van der Waals surface area contributed by atoms with Crippen molar-refractivity contribution in [2.45, 2.75) is 175 Å². The lowest BCUT2D eigenvalue weighted by atomic mass is 10.0. The lowest BCUT2D eigenvalue weighted by Gasteiger charge is -2.05. The van der Waals surface area contributed by atoms with Crippen LogP contribution in [0.15, 0.2) is 0 Å². The van der Waals surface area contributed by atoms with Gasteiger partial charge >= 0.3 is 5.97 Å². The van der Waals surface area contributed by atoms with Gasteiger partial charge in [-0.1, -0.05) is 111 Å². The SMILES string of the molecule is CC.CC(=O)CCCCCCCCCCCCCCCCC(=O)O.CCCCC=O.CNCCSCCOCC(=O)CCCCCOCCOC.O=CO. The van der Waals surface area contributed by atoms with Gasteiger partial charge < -0.3 is 39.3 Å². The summed E-state index contributed by atoms with van der Waals surface area (Å²) in [4.78, 5) is 50.6. The summed E-state index contributed by atoms with van der Waals surface area (Å²) in [5, 5.41) is 18.5. The zero-order valence-electron chi connectivity index (χ0n) is 35.6. The summed E-state index contributed by atoms with van der Waals surface area (Å²) < 4.78 is 15.6. The topological polar surface area (TPSA) is 166 Å². The molecular weight excluding hydrogens is 711 g/mol. The van der Waals surface area contributed by atoms with Crippen molar-refractivity contribution in [1.29, 1.82) is 0 Å². The molecule has 0 aliphatic carbocycles. The number of thioether (sulfide) groups is 1. The Morgan fingerprint density at radius 3 is 1.56 bits per heavy atom. The summed E-state index contributed by atoms with van der Waals surface area (Å²) in [7, 11) is 3.61. The number of carbonyl (C=O) groups is 5. The van der Waals surface area contributed by atoms with Gasteiger partial charge in [-0.2, -0.15) is 11.8 Å². The summed E-state index contributed by atoms with van der Waals surface area (Å²) in [6, 6.07) is 0. The van der Waals surface area contributed by atoms with Gasteiger partial charge in [0.15, 0.2) is 5.78 Å². The Morgan fingerprint density at radius 1 is 0.648 bits per heavy atom. The van der Waals surface area contributed by atoms with E-state index >= 15 is 0 Å². The second-order valence-corrected chi connectivity index (χ2v) is 13.9. The molecule has 0 rings (SSSR count). The van der Waals surface area contributed by atoms with E-state index < -0.39 is 5.97 Å². The van der Waals surface area contributed by atoms with Crippen molar-refractivity contribution >= 4 is 42.1 Å². The highest BCUT2D eigenvalue weighted by atomic mass is 32.2. The van der Waals surface area contributed by atoms with Crippen LogP contribution in [-0.2, 0) is 38.2 Å². The van der Waals surface area contributed by atoms with E-state index in [0.29, 0.717) is 38.4 Å². The minimum Gasteiger partial charge on any atom is -0.483 e. The number of unbranched alkanes of at least 4 members (excludes halogenated alkanes) is 17. The van der Waals surface area contributed by atoms with E-state index in [2.05, 4.69) is 12.2 Å². The number of carbonyl (C=O) groups excluding carboxylic acids is 3. The Balaban J connectivity index is -0.000000233. The van der Waals surface area contributed by atoms with Crippen molar-refractivity contribution in [2.24, 2.45) is 0 Å². The summed E-state index contributed by atoms with van der Waals surface area (Å²) in [6.07, 6.45) is 25.8. The van der Waals surface area contributed by atoms with Crippen LogP contribution in [0.25, 0.3) is 0 Å². The fourth-order valence-electron chi connectivity index (χ4n) is 4.66. The van der Waals surface area contributed by atoms with Crippen LogP contribution in [0.5, 0.6) is 0 Å². The zero-order chi connectivity index (χ0) is 41.6. The fourth-order valence-corrected chi connectivity index (χ4v) is 5.45. The predicted molar refractivity (Wildman–Crippen MR) is 226 cm³/mol. The van der Waals surface area contributed by atoms with Crippen LogP contribution in [-0.4, -0.2) is 106 Å². The summed E-state index contributed by atoms with van der Waals surface area (Å²) in [6.45, 7) is 11.5. The maximum atomic E-state index is 11.6. The first-order chi connectivity index (χ1) is 26.3. The number of Topliss-reactive ketones (excluding diaryl/α,β-unsaturated/α-hetero) is 2. The quantitative estimate of drug-likeness (QED) is 0.0403. The highest BCUT2D eigenvalue weighted by Crippen LogP contribution is 2.14. The van der Waals surface area contributed by atoms with Crippen molar-refractivity contribution < 1.29 is 48.4 Å². The van der Waals surface area contributed by atoms with Crippen LogP contribution in [0.3, 0.4) is 0 Å². The van der Waals surface area contributed by atoms with Crippen LogP contribution < -0.4 is 5.32 Å². The van der Waals surface area contributed by atoms with Crippen LogP contribution in [0.2, 0.25) is 0 Å². The molecule has 0 spiro atoms.